The van der Waals surface area contributed by atoms with Crippen molar-refractivity contribution in [2.75, 3.05) is 14.2 Å². The molecular formula is C12H16O4. The van der Waals surface area contributed by atoms with Crippen molar-refractivity contribution in [2.24, 2.45) is 23.7 Å². The van der Waals surface area contributed by atoms with Gasteiger partial charge in [-0.2, -0.15) is 0 Å². The number of ether oxygens (including phenoxy) is 2. The van der Waals surface area contributed by atoms with Crippen LogP contribution in [0.3, 0.4) is 0 Å². The molecule has 2 rings (SSSR count). The van der Waals surface area contributed by atoms with Crippen molar-refractivity contribution < 1.29 is 19.1 Å². The van der Waals surface area contributed by atoms with Crippen molar-refractivity contribution in [1.29, 1.82) is 0 Å². The van der Waals surface area contributed by atoms with Gasteiger partial charge in [0.25, 0.3) is 0 Å². The van der Waals surface area contributed by atoms with Gasteiger partial charge in [-0.1, -0.05) is 11.6 Å². The molecule has 2 aliphatic rings. The monoisotopic (exact) mass is 224 g/mol. The van der Waals surface area contributed by atoms with Crippen LogP contribution in [0.1, 0.15) is 13.3 Å². The number of rotatable bonds is 2. The van der Waals surface area contributed by atoms with E-state index in [9.17, 15) is 9.59 Å². The van der Waals surface area contributed by atoms with Crippen LogP contribution in [0, 0.1) is 23.7 Å². The van der Waals surface area contributed by atoms with Gasteiger partial charge in [0.15, 0.2) is 0 Å². The zero-order chi connectivity index (χ0) is 11.9. The van der Waals surface area contributed by atoms with Gasteiger partial charge in [-0.25, -0.2) is 0 Å². The largest absolute Gasteiger partial charge is 0.469 e. The second-order valence-electron chi connectivity index (χ2n) is 4.51. The maximum atomic E-state index is 11.7. The molecule has 1 saturated carbocycles. The zero-order valence-electron chi connectivity index (χ0n) is 9.73. The first kappa shape index (κ1) is 11.2. The van der Waals surface area contributed by atoms with E-state index in [0.717, 1.165) is 6.42 Å². The molecule has 0 N–H and O–H groups in total. The molecule has 4 heteroatoms. The molecule has 0 radical (unpaired) electrons. The van der Waals surface area contributed by atoms with Crippen molar-refractivity contribution in [2.45, 2.75) is 13.3 Å². The normalized spacial score (nSPS) is 35.8. The van der Waals surface area contributed by atoms with E-state index in [2.05, 4.69) is 6.08 Å². The van der Waals surface area contributed by atoms with Crippen LogP contribution in [-0.2, 0) is 19.1 Å². The topological polar surface area (TPSA) is 52.6 Å². The Kier molecular flexibility index (Phi) is 2.74. The van der Waals surface area contributed by atoms with Crippen molar-refractivity contribution in [3.63, 3.8) is 0 Å². The molecule has 0 aliphatic heterocycles. The van der Waals surface area contributed by atoms with E-state index >= 15 is 0 Å². The Morgan fingerprint density at radius 1 is 1.19 bits per heavy atom. The summed E-state index contributed by atoms with van der Waals surface area (Å²) in [4.78, 5) is 23.4. The van der Waals surface area contributed by atoms with Crippen LogP contribution >= 0.6 is 0 Å². The minimum absolute atomic E-state index is 0.140. The second kappa shape index (κ2) is 3.92. The molecule has 4 atom stereocenters. The molecule has 0 heterocycles. The van der Waals surface area contributed by atoms with Gasteiger partial charge < -0.3 is 9.47 Å². The third-order valence-electron chi connectivity index (χ3n) is 3.82. The molecule has 4 nitrogen and oxygen atoms in total. The van der Waals surface area contributed by atoms with Gasteiger partial charge in [-0.15, -0.1) is 0 Å². The minimum Gasteiger partial charge on any atom is -0.469 e. The van der Waals surface area contributed by atoms with Crippen LogP contribution < -0.4 is 0 Å². The predicted octanol–water partition coefficient (Wildman–Crippen LogP) is 1.16. The predicted molar refractivity (Wildman–Crippen MR) is 56.4 cm³/mol. The van der Waals surface area contributed by atoms with Crippen molar-refractivity contribution >= 4 is 11.9 Å². The molecule has 0 amide bonds. The van der Waals surface area contributed by atoms with Gasteiger partial charge >= 0.3 is 11.9 Å². The maximum Gasteiger partial charge on any atom is 0.310 e. The zero-order valence-corrected chi connectivity index (χ0v) is 9.73. The van der Waals surface area contributed by atoms with E-state index < -0.39 is 0 Å². The summed E-state index contributed by atoms with van der Waals surface area (Å²) in [7, 11) is 2.72. The lowest BCUT2D eigenvalue weighted by atomic mass is 9.80. The van der Waals surface area contributed by atoms with E-state index in [4.69, 9.17) is 9.47 Å². The lowest BCUT2D eigenvalue weighted by Gasteiger charge is -2.25. The van der Waals surface area contributed by atoms with Crippen molar-refractivity contribution in [3.05, 3.63) is 11.6 Å². The third kappa shape index (κ3) is 1.44. The van der Waals surface area contributed by atoms with Gasteiger partial charge in [-0.05, 0) is 25.2 Å². The first-order valence-electron chi connectivity index (χ1n) is 5.44. The highest BCUT2D eigenvalue weighted by atomic mass is 16.5. The molecule has 0 aromatic rings. The Hall–Kier alpha value is -1.32. The number of hydrogen-bond acceptors (Lipinski definition) is 4. The molecular weight excluding hydrogens is 208 g/mol. The quantitative estimate of drug-likeness (QED) is 0.521. The number of carbonyl (C=O) groups excluding carboxylic acids is 2. The summed E-state index contributed by atoms with van der Waals surface area (Å²) in [6.07, 6.45) is 2.96. The summed E-state index contributed by atoms with van der Waals surface area (Å²) in [5.41, 5.74) is 1.19. The highest BCUT2D eigenvalue weighted by molar-refractivity contribution is 5.84. The Labute approximate surface area is 94.6 Å². The van der Waals surface area contributed by atoms with Crippen molar-refractivity contribution in [1.82, 2.24) is 0 Å². The Morgan fingerprint density at radius 3 is 2.31 bits per heavy atom. The van der Waals surface area contributed by atoms with E-state index in [-0.39, 0.29) is 35.6 Å². The number of allylic oxidation sites excluding steroid dienone is 2. The second-order valence-corrected chi connectivity index (χ2v) is 4.51. The van der Waals surface area contributed by atoms with Crippen molar-refractivity contribution in [3.8, 4) is 0 Å². The molecule has 2 aliphatic carbocycles. The summed E-state index contributed by atoms with van der Waals surface area (Å²) < 4.78 is 9.56. The molecule has 0 aromatic heterocycles. The molecule has 88 valence electrons. The fourth-order valence-corrected chi connectivity index (χ4v) is 3.11. The Bertz CT molecular complexity index is 358. The minimum atomic E-state index is -0.355. The number of esters is 2. The summed E-state index contributed by atoms with van der Waals surface area (Å²) in [5.74, 6) is -1.01. The lowest BCUT2D eigenvalue weighted by Crippen LogP contribution is -2.35. The third-order valence-corrected chi connectivity index (χ3v) is 3.82. The first-order chi connectivity index (χ1) is 7.60. The molecule has 16 heavy (non-hydrogen) atoms. The number of fused-ring (bicyclic) bond motifs is 2. The first-order valence-corrected chi connectivity index (χ1v) is 5.44. The summed E-state index contributed by atoms with van der Waals surface area (Å²) in [5, 5.41) is 0. The molecule has 4 unspecified atom stereocenters. The highest BCUT2D eigenvalue weighted by Gasteiger charge is 2.54. The standard InChI is InChI=1S/C12H16O4/c1-6-4-7-5-8(6)10(12(14)16-3)9(7)11(13)15-2/h4,7-10H,5H2,1-3H3. The molecule has 0 saturated heterocycles. The highest BCUT2D eigenvalue weighted by Crippen LogP contribution is 2.52. The van der Waals surface area contributed by atoms with E-state index in [1.807, 2.05) is 6.92 Å². The van der Waals surface area contributed by atoms with Crippen LogP contribution in [0.4, 0.5) is 0 Å². The van der Waals surface area contributed by atoms with E-state index in [1.54, 1.807) is 0 Å². The van der Waals surface area contributed by atoms with Crippen LogP contribution in [0.25, 0.3) is 0 Å². The Balaban J connectivity index is 2.30. The summed E-state index contributed by atoms with van der Waals surface area (Å²) in [6, 6.07) is 0. The Morgan fingerprint density at radius 2 is 1.75 bits per heavy atom. The fourth-order valence-electron chi connectivity index (χ4n) is 3.11. The smallest absolute Gasteiger partial charge is 0.310 e. The molecule has 1 fully saturated rings. The molecule has 0 aromatic carbocycles. The van der Waals surface area contributed by atoms with Gasteiger partial charge in [0.1, 0.15) is 0 Å². The van der Waals surface area contributed by atoms with E-state index in [1.165, 1.54) is 19.8 Å². The number of methoxy groups -OCH3 is 2. The van der Waals surface area contributed by atoms with E-state index in [0.29, 0.717) is 0 Å². The van der Waals surface area contributed by atoms with Gasteiger partial charge in [0, 0.05) is 0 Å². The average Bonchev–Trinajstić information content (AvgIpc) is 2.82. The van der Waals surface area contributed by atoms with Crippen LogP contribution in [0.2, 0.25) is 0 Å². The maximum absolute atomic E-state index is 11.7. The lowest BCUT2D eigenvalue weighted by molar-refractivity contribution is -0.158. The number of hydrogen-bond donors (Lipinski definition) is 0. The average molecular weight is 224 g/mol. The molecule has 2 bridgehead atoms. The van der Waals surface area contributed by atoms with Crippen LogP contribution in [0.15, 0.2) is 11.6 Å². The SMILES string of the molecule is COC(=O)C1C2C=C(C)C(C2)C1C(=O)OC. The molecule has 0 spiro atoms. The van der Waals surface area contributed by atoms with Gasteiger partial charge in [-0.3, -0.25) is 9.59 Å². The van der Waals surface area contributed by atoms with Gasteiger partial charge in [0.05, 0.1) is 26.1 Å². The fraction of sp³-hybridized carbons (Fsp3) is 0.667. The number of carbonyl (C=O) groups is 2. The summed E-state index contributed by atoms with van der Waals surface area (Å²) >= 11 is 0. The van der Waals surface area contributed by atoms with Gasteiger partial charge in [0.2, 0.25) is 0 Å². The van der Waals surface area contributed by atoms with Crippen LogP contribution in [-0.4, -0.2) is 26.2 Å². The summed E-state index contributed by atoms with van der Waals surface area (Å²) in [6.45, 7) is 2.01. The van der Waals surface area contributed by atoms with Crippen LogP contribution in [0.5, 0.6) is 0 Å².